The molecule has 0 bridgehead atoms. The first kappa shape index (κ1) is 6.09. The van der Waals surface area contributed by atoms with Crippen LogP contribution in [-0.2, 0) is 0 Å². The Morgan fingerprint density at radius 2 is 2.00 bits per heavy atom. The van der Waals surface area contributed by atoms with Crippen molar-refractivity contribution in [2.24, 2.45) is 0 Å². The zero-order chi connectivity index (χ0) is 6.04. The lowest BCUT2D eigenvalue weighted by atomic mass is 10.0. The SMILES string of the molecule is CC1(Br)[CH]C=CC=C1. The molecule has 0 fully saturated rings. The van der Waals surface area contributed by atoms with E-state index in [1.165, 1.54) is 0 Å². The Labute approximate surface area is 58.4 Å². The Balaban J connectivity index is 2.65. The summed E-state index contributed by atoms with van der Waals surface area (Å²) in [5.41, 5.74) is 0. The number of halogens is 1. The second-order valence-corrected chi connectivity index (χ2v) is 3.77. The third kappa shape index (κ3) is 1.48. The van der Waals surface area contributed by atoms with Crippen molar-refractivity contribution in [2.75, 3.05) is 0 Å². The topological polar surface area (TPSA) is 0 Å². The van der Waals surface area contributed by atoms with Gasteiger partial charge < -0.3 is 0 Å². The Bertz CT molecular complexity index is 131. The zero-order valence-corrected chi connectivity index (χ0v) is 6.35. The van der Waals surface area contributed by atoms with Crippen LogP contribution in [0.15, 0.2) is 24.3 Å². The fourth-order valence-electron chi connectivity index (χ4n) is 0.607. The zero-order valence-electron chi connectivity index (χ0n) is 4.76. The molecular formula is C7H8Br. The van der Waals surface area contributed by atoms with Crippen LogP contribution in [0.4, 0.5) is 0 Å². The van der Waals surface area contributed by atoms with Crippen molar-refractivity contribution in [2.45, 2.75) is 11.2 Å². The first-order valence-electron chi connectivity index (χ1n) is 2.60. The molecule has 1 unspecified atom stereocenters. The summed E-state index contributed by atoms with van der Waals surface area (Å²) in [5.74, 6) is 0. The molecule has 0 saturated carbocycles. The van der Waals surface area contributed by atoms with Gasteiger partial charge in [0.1, 0.15) is 0 Å². The molecule has 0 amide bonds. The summed E-state index contributed by atoms with van der Waals surface area (Å²) in [6, 6.07) is 0. The number of allylic oxidation sites excluding steroid dienone is 4. The van der Waals surface area contributed by atoms with Gasteiger partial charge in [-0.1, -0.05) is 40.2 Å². The molecule has 0 heterocycles. The highest BCUT2D eigenvalue weighted by atomic mass is 79.9. The van der Waals surface area contributed by atoms with Crippen molar-refractivity contribution in [1.82, 2.24) is 0 Å². The summed E-state index contributed by atoms with van der Waals surface area (Å²) in [5, 5.41) is 0. The van der Waals surface area contributed by atoms with E-state index in [9.17, 15) is 0 Å². The molecule has 1 heteroatoms. The number of rotatable bonds is 0. The van der Waals surface area contributed by atoms with Crippen molar-refractivity contribution >= 4 is 15.9 Å². The van der Waals surface area contributed by atoms with E-state index < -0.39 is 0 Å². The van der Waals surface area contributed by atoms with E-state index in [4.69, 9.17) is 0 Å². The lowest BCUT2D eigenvalue weighted by molar-refractivity contribution is 0.965. The summed E-state index contributed by atoms with van der Waals surface area (Å²) >= 11 is 3.50. The van der Waals surface area contributed by atoms with Crippen LogP contribution < -0.4 is 0 Å². The van der Waals surface area contributed by atoms with Gasteiger partial charge in [0.15, 0.2) is 0 Å². The first-order valence-corrected chi connectivity index (χ1v) is 3.39. The molecule has 0 aromatic carbocycles. The van der Waals surface area contributed by atoms with Crippen molar-refractivity contribution < 1.29 is 0 Å². The predicted octanol–water partition coefficient (Wildman–Crippen LogP) is 2.47. The van der Waals surface area contributed by atoms with E-state index in [-0.39, 0.29) is 4.32 Å². The molecule has 0 nitrogen and oxygen atoms in total. The summed E-state index contributed by atoms with van der Waals surface area (Å²) in [7, 11) is 0. The van der Waals surface area contributed by atoms with Crippen LogP contribution >= 0.6 is 15.9 Å². The Morgan fingerprint density at radius 3 is 2.25 bits per heavy atom. The normalized spacial score (nSPS) is 35.8. The van der Waals surface area contributed by atoms with Gasteiger partial charge in [-0.05, 0) is 6.92 Å². The molecule has 0 saturated heterocycles. The summed E-state index contributed by atoms with van der Waals surface area (Å²) < 4.78 is 0.0990. The minimum Gasteiger partial charge on any atom is -0.0804 e. The van der Waals surface area contributed by atoms with E-state index in [1.54, 1.807) is 0 Å². The Hall–Kier alpha value is -0.0400. The fraction of sp³-hybridized carbons (Fsp3) is 0.286. The average molecular weight is 172 g/mol. The second-order valence-electron chi connectivity index (χ2n) is 2.06. The number of alkyl halides is 1. The van der Waals surface area contributed by atoms with Crippen LogP contribution in [0.1, 0.15) is 6.92 Å². The highest BCUT2D eigenvalue weighted by molar-refractivity contribution is 9.10. The predicted molar refractivity (Wildman–Crippen MR) is 39.9 cm³/mol. The van der Waals surface area contributed by atoms with E-state index in [0.717, 1.165) is 0 Å². The van der Waals surface area contributed by atoms with Gasteiger partial charge in [-0.2, -0.15) is 0 Å². The molecule has 0 N–H and O–H groups in total. The molecule has 1 aliphatic rings. The van der Waals surface area contributed by atoms with Gasteiger partial charge in [-0.25, -0.2) is 0 Å². The fourth-order valence-corrected chi connectivity index (χ4v) is 0.912. The van der Waals surface area contributed by atoms with E-state index in [2.05, 4.69) is 35.4 Å². The maximum atomic E-state index is 3.50. The molecule has 0 aromatic heterocycles. The quantitative estimate of drug-likeness (QED) is 0.492. The summed E-state index contributed by atoms with van der Waals surface area (Å²) in [6.07, 6.45) is 10.3. The van der Waals surface area contributed by atoms with Gasteiger partial charge in [0.25, 0.3) is 0 Å². The average Bonchev–Trinajstić information content (AvgIpc) is 1.65. The highest BCUT2D eigenvalue weighted by Crippen LogP contribution is 2.25. The number of hydrogen-bond acceptors (Lipinski definition) is 0. The Morgan fingerprint density at radius 1 is 1.25 bits per heavy atom. The van der Waals surface area contributed by atoms with Gasteiger partial charge in [-0.15, -0.1) is 0 Å². The van der Waals surface area contributed by atoms with Crippen molar-refractivity contribution in [3.8, 4) is 0 Å². The molecule has 43 valence electrons. The molecule has 1 rings (SSSR count). The molecule has 1 atom stereocenters. The largest absolute Gasteiger partial charge is 0.0804 e. The lowest BCUT2D eigenvalue weighted by Crippen LogP contribution is -2.11. The van der Waals surface area contributed by atoms with E-state index in [1.807, 2.05) is 18.2 Å². The van der Waals surface area contributed by atoms with Gasteiger partial charge >= 0.3 is 0 Å². The van der Waals surface area contributed by atoms with Gasteiger partial charge in [0.2, 0.25) is 0 Å². The third-order valence-electron chi connectivity index (χ3n) is 1.07. The minimum absolute atomic E-state index is 0.0990. The van der Waals surface area contributed by atoms with Crippen LogP contribution in [0.3, 0.4) is 0 Å². The molecule has 8 heavy (non-hydrogen) atoms. The summed E-state index contributed by atoms with van der Waals surface area (Å²) in [6.45, 7) is 2.10. The van der Waals surface area contributed by atoms with Crippen LogP contribution in [0.2, 0.25) is 0 Å². The molecule has 1 aliphatic carbocycles. The molecule has 1 radical (unpaired) electrons. The maximum Gasteiger partial charge on any atom is 0.0480 e. The van der Waals surface area contributed by atoms with Crippen molar-refractivity contribution in [1.29, 1.82) is 0 Å². The van der Waals surface area contributed by atoms with Crippen LogP contribution in [0, 0.1) is 6.42 Å². The van der Waals surface area contributed by atoms with E-state index >= 15 is 0 Å². The molecular weight excluding hydrogens is 164 g/mol. The highest BCUT2D eigenvalue weighted by Gasteiger charge is 2.14. The Kier molecular flexibility index (Phi) is 1.57. The van der Waals surface area contributed by atoms with E-state index in [0.29, 0.717) is 0 Å². The smallest absolute Gasteiger partial charge is 0.0480 e. The third-order valence-corrected chi connectivity index (χ3v) is 1.60. The molecule has 0 spiro atoms. The van der Waals surface area contributed by atoms with Crippen LogP contribution in [0.5, 0.6) is 0 Å². The monoisotopic (exact) mass is 171 g/mol. The maximum absolute atomic E-state index is 3.50. The van der Waals surface area contributed by atoms with Crippen molar-refractivity contribution in [3.05, 3.63) is 30.7 Å². The standard InChI is InChI=1S/C7H8Br/c1-7(8)5-3-2-4-6-7/h2-6H,1H3. The number of hydrogen-bond donors (Lipinski definition) is 0. The molecule has 0 aromatic rings. The second kappa shape index (κ2) is 2.06. The minimum atomic E-state index is 0.0990. The lowest BCUT2D eigenvalue weighted by Gasteiger charge is -2.16. The summed E-state index contributed by atoms with van der Waals surface area (Å²) in [4.78, 5) is 0. The van der Waals surface area contributed by atoms with Gasteiger partial charge in [-0.3, -0.25) is 0 Å². The van der Waals surface area contributed by atoms with Crippen LogP contribution in [0.25, 0.3) is 0 Å². The van der Waals surface area contributed by atoms with Gasteiger partial charge in [0, 0.05) is 10.7 Å². The van der Waals surface area contributed by atoms with Crippen molar-refractivity contribution in [3.63, 3.8) is 0 Å². The van der Waals surface area contributed by atoms with Gasteiger partial charge in [0.05, 0.1) is 0 Å². The first-order chi connectivity index (χ1) is 3.71. The molecule has 0 aliphatic heterocycles. The van der Waals surface area contributed by atoms with Crippen LogP contribution in [-0.4, -0.2) is 4.32 Å².